The summed E-state index contributed by atoms with van der Waals surface area (Å²) in [6.45, 7) is 3.34. The Labute approximate surface area is 171 Å². The molecule has 2 N–H and O–H groups in total. The number of hydrogen-bond donors (Lipinski definition) is 2. The van der Waals surface area contributed by atoms with Crippen LogP contribution in [-0.4, -0.2) is 28.7 Å². The minimum absolute atomic E-state index is 0.0149. The SMILES string of the molecule is CC(=O)Nc1ncc(S(=O)(=O)Nc2ccc(-c3cn4ccc(C)cc4n3)cc2)s1. The van der Waals surface area contributed by atoms with Crippen LogP contribution in [0.15, 0.2) is 59.2 Å². The third-order valence-corrected chi connectivity index (χ3v) is 6.84. The molecule has 29 heavy (non-hydrogen) atoms. The molecule has 0 saturated carbocycles. The van der Waals surface area contributed by atoms with Crippen LogP contribution >= 0.6 is 11.3 Å². The number of nitrogens with zero attached hydrogens (tertiary/aromatic N) is 3. The maximum Gasteiger partial charge on any atom is 0.273 e. The molecular weight excluding hydrogens is 410 g/mol. The number of thiazole rings is 1. The predicted octanol–water partition coefficient (Wildman–Crippen LogP) is 3.53. The summed E-state index contributed by atoms with van der Waals surface area (Å²) in [5.74, 6) is -0.311. The Bertz CT molecular complexity index is 1310. The van der Waals surface area contributed by atoms with Crippen molar-refractivity contribution in [1.29, 1.82) is 0 Å². The molecule has 0 atom stereocenters. The topological polar surface area (TPSA) is 105 Å². The van der Waals surface area contributed by atoms with Crippen molar-refractivity contribution >= 4 is 43.7 Å². The van der Waals surface area contributed by atoms with E-state index in [2.05, 4.69) is 20.0 Å². The number of rotatable bonds is 5. The number of aromatic nitrogens is 3. The molecule has 148 valence electrons. The Morgan fingerprint density at radius 2 is 1.93 bits per heavy atom. The van der Waals surface area contributed by atoms with Gasteiger partial charge in [0.05, 0.1) is 11.9 Å². The third-order valence-electron chi connectivity index (χ3n) is 4.08. The van der Waals surface area contributed by atoms with Crippen LogP contribution in [0.2, 0.25) is 0 Å². The highest BCUT2D eigenvalue weighted by Gasteiger charge is 2.18. The van der Waals surface area contributed by atoms with Gasteiger partial charge in [0.1, 0.15) is 5.65 Å². The molecule has 1 amide bonds. The van der Waals surface area contributed by atoms with E-state index >= 15 is 0 Å². The first-order chi connectivity index (χ1) is 13.8. The number of hydrogen-bond acceptors (Lipinski definition) is 6. The molecular formula is C19H17N5O3S2. The van der Waals surface area contributed by atoms with Crippen molar-refractivity contribution in [2.45, 2.75) is 18.1 Å². The van der Waals surface area contributed by atoms with Gasteiger partial charge in [-0.2, -0.15) is 0 Å². The number of nitrogens with one attached hydrogen (secondary N) is 2. The minimum Gasteiger partial charge on any atom is -0.306 e. The standard InChI is InChI=1S/C19H17N5O3S2/c1-12-7-8-24-11-16(22-17(24)9-12)14-3-5-15(6-4-14)23-29(26,27)18-10-20-19(28-18)21-13(2)25/h3-11,23H,1-2H3,(H,20,21,25). The summed E-state index contributed by atoms with van der Waals surface area (Å²) < 4.78 is 29.5. The molecule has 0 spiro atoms. The van der Waals surface area contributed by atoms with Crippen LogP contribution in [-0.2, 0) is 14.8 Å². The molecule has 0 fully saturated rings. The van der Waals surface area contributed by atoms with Crippen molar-refractivity contribution in [2.24, 2.45) is 0 Å². The van der Waals surface area contributed by atoms with Crippen LogP contribution in [0.1, 0.15) is 12.5 Å². The summed E-state index contributed by atoms with van der Waals surface area (Å²) in [4.78, 5) is 19.6. The first-order valence-corrected chi connectivity index (χ1v) is 10.9. The van der Waals surface area contributed by atoms with Gasteiger partial charge >= 0.3 is 0 Å². The molecule has 0 bridgehead atoms. The lowest BCUT2D eigenvalue weighted by Gasteiger charge is -2.06. The van der Waals surface area contributed by atoms with Crippen LogP contribution in [0.25, 0.3) is 16.9 Å². The number of anilines is 2. The Hall–Kier alpha value is -3.24. The molecule has 0 unspecified atom stereocenters. The fraction of sp³-hybridized carbons (Fsp3) is 0.105. The molecule has 4 aromatic rings. The number of carbonyl (C=O) groups is 1. The molecule has 3 heterocycles. The fourth-order valence-electron chi connectivity index (χ4n) is 2.73. The first kappa shape index (κ1) is 19.1. The average Bonchev–Trinajstić information content (AvgIpc) is 3.28. The maximum absolute atomic E-state index is 12.5. The molecule has 4 rings (SSSR count). The van der Waals surface area contributed by atoms with Crippen molar-refractivity contribution in [3.8, 4) is 11.3 Å². The van der Waals surface area contributed by atoms with Gasteiger partial charge < -0.3 is 9.72 Å². The van der Waals surface area contributed by atoms with E-state index in [-0.39, 0.29) is 15.2 Å². The molecule has 10 heteroatoms. The number of benzene rings is 1. The highest BCUT2D eigenvalue weighted by molar-refractivity contribution is 7.94. The molecule has 0 aliphatic heterocycles. The lowest BCUT2D eigenvalue weighted by molar-refractivity contribution is -0.114. The zero-order chi connectivity index (χ0) is 20.6. The molecule has 0 aliphatic rings. The van der Waals surface area contributed by atoms with Gasteiger partial charge in [-0.3, -0.25) is 9.52 Å². The lowest BCUT2D eigenvalue weighted by Crippen LogP contribution is -2.11. The molecule has 0 aliphatic carbocycles. The Kier molecular flexibility index (Phi) is 4.81. The minimum atomic E-state index is -3.80. The van der Waals surface area contributed by atoms with Gasteiger partial charge in [-0.25, -0.2) is 18.4 Å². The molecule has 3 aromatic heterocycles. The van der Waals surface area contributed by atoms with E-state index in [1.54, 1.807) is 12.1 Å². The van der Waals surface area contributed by atoms with Crippen molar-refractivity contribution in [2.75, 3.05) is 10.0 Å². The maximum atomic E-state index is 12.5. The fourth-order valence-corrected chi connectivity index (χ4v) is 4.86. The summed E-state index contributed by atoms with van der Waals surface area (Å²) in [5.41, 5.74) is 4.07. The first-order valence-electron chi connectivity index (χ1n) is 8.62. The largest absolute Gasteiger partial charge is 0.306 e. The number of amides is 1. The smallest absolute Gasteiger partial charge is 0.273 e. The lowest BCUT2D eigenvalue weighted by atomic mass is 10.1. The van der Waals surface area contributed by atoms with E-state index in [0.717, 1.165) is 33.8 Å². The van der Waals surface area contributed by atoms with Crippen molar-refractivity contribution in [1.82, 2.24) is 14.4 Å². The molecule has 1 aromatic carbocycles. The summed E-state index contributed by atoms with van der Waals surface area (Å²) >= 11 is 0.885. The van der Waals surface area contributed by atoms with Gasteiger partial charge in [0.15, 0.2) is 9.34 Å². The number of imidazole rings is 1. The quantitative estimate of drug-likeness (QED) is 0.507. The van der Waals surface area contributed by atoms with E-state index in [1.807, 2.05) is 48.0 Å². The van der Waals surface area contributed by atoms with Crippen LogP contribution in [0.4, 0.5) is 10.8 Å². The van der Waals surface area contributed by atoms with Crippen LogP contribution in [0.5, 0.6) is 0 Å². The number of carbonyl (C=O) groups excluding carboxylic acids is 1. The van der Waals surface area contributed by atoms with Crippen LogP contribution in [0.3, 0.4) is 0 Å². The van der Waals surface area contributed by atoms with E-state index < -0.39 is 10.0 Å². The zero-order valence-corrected chi connectivity index (χ0v) is 17.2. The van der Waals surface area contributed by atoms with Gasteiger partial charge in [-0.15, -0.1) is 0 Å². The van der Waals surface area contributed by atoms with E-state index in [9.17, 15) is 13.2 Å². The summed E-state index contributed by atoms with van der Waals surface area (Å²) in [6.07, 6.45) is 5.09. The highest BCUT2D eigenvalue weighted by Crippen LogP contribution is 2.26. The van der Waals surface area contributed by atoms with E-state index in [4.69, 9.17) is 0 Å². The molecule has 0 saturated heterocycles. The third kappa shape index (κ3) is 4.13. The van der Waals surface area contributed by atoms with Crippen molar-refractivity contribution in [3.63, 3.8) is 0 Å². The summed E-state index contributed by atoms with van der Waals surface area (Å²) in [5, 5.41) is 2.70. The second-order valence-electron chi connectivity index (χ2n) is 6.44. The van der Waals surface area contributed by atoms with Gasteiger partial charge in [0, 0.05) is 30.6 Å². The number of fused-ring (bicyclic) bond motifs is 1. The van der Waals surface area contributed by atoms with Gasteiger partial charge in [0.25, 0.3) is 10.0 Å². The Morgan fingerprint density at radius 3 is 2.66 bits per heavy atom. The van der Waals surface area contributed by atoms with Gasteiger partial charge in [-0.1, -0.05) is 23.5 Å². The summed E-state index contributed by atoms with van der Waals surface area (Å²) in [6, 6.07) is 11.0. The molecule has 8 nitrogen and oxygen atoms in total. The Morgan fingerprint density at radius 1 is 1.17 bits per heavy atom. The number of sulfonamides is 1. The number of aryl methyl sites for hydroxylation is 1. The van der Waals surface area contributed by atoms with Crippen molar-refractivity contribution < 1.29 is 13.2 Å². The second-order valence-corrected chi connectivity index (χ2v) is 9.38. The number of pyridine rings is 1. The van der Waals surface area contributed by atoms with E-state index in [1.165, 1.54) is 13.1 Å². The van der Waals surface area contributed by atoms with Crippen molar-refractivity contribution in [3.05, 3.63) is 60.6 Å². The predicted molar refractivity (Wildman–Crippen MR) is 113 cm³/mol. The van der Waals surface area contributed by atoms with Crippen LogP contribution in [0, 0.1) is 6.92 Å². The normalized spacial score (nSPS) is 11.5. The molecule has 0 radical (unpaired) electrons. The monoisotopic (exact) mass is 427 g/mol. The Balaban J connectivity index is 1.54. The van der Waals surface area contributed by atoms with Crippen LogP contribution < -0.4 is 10.0 Å². The average molecular weight is 428 g/mol. The van der Waals surface area contributed by atoms with Gasteiger partial charge in [0.2, 0.25) is 5.91 Å². The zero-order valence-electron chi connectivity index (χ0n) is 15.6. The highest BCUT2D eigenvalue weighted by atomic mass is 32.2. The van der Waals surface area contributed by atoms with E-state index in [0.29, 0.717) is 5.69 Å². The summed E-state index contributed by atoms with van der Waals surface area (Å²) in [7, 11) is -3.80. The van der Waals surface area contributed by atoms with Gasteiger partial charge in [-0.05, 0) is 36.8 Å². The second kappa shape index (κ2) is 7.30.